The third-order valence-corrected chi connectivity index (χ3v) is 19.8. The molecule has 17 unspecified atom stereocenters. The van der Waals surface area contributed by atoms with Crippen LogP contribution in [-0.4, -0.2) is 193 Å². The van der Waals surface area contributed by atoms with Gasteiger partial charge in [0.15, 0.2) is 18.9 Å². The zero-order chi connectivity index (χ0) is 78.1. The van der Waals surface area contributed by atoms with Gasteiger partial charge in [-0.05, 0) is 116 Å². The Hall–Kier alpha value is -4.33. The Morgan fingerprint density at radius 1 is 0.343 bits per heavy atom. The number of aliphatic hydroxyl groups excluding tert-OH is 11. The van der Waals surface area contributed by atoms with Crippen LogP contribution in [0.1, 0.15) is 277 Å². The Balaban J connectivity index is 1.34. The molecule has 19 nitrogen and oxygen atoms in total. The van der Waals surface area contributed by atoms with Crippen molar-refractivity contribution in [2.75, 3.05) is 26.4 Å². The van der Waals surface area contributed by atoms with E-state index in [1.54, 1.807) is 6.08 Å². The van der Waals surface area contributed by atoms with Gasteiger partial charge >= 0.3 is 0 Å². The highest BCUT2D eigenvalue weighted by Crippen LogP contribution is 2.33. The van der Waals surface area contributed by atoms with E-state index < -0.39 is 124 Å². The van der Waals surface area contributed by atoms with E-state index in [4.69, 9.17) is 28.4 Å². The number of carbonyl (C=O) groups is 1. The van der Waals surface area contributed by atoms with Crippen LogP contribution in [0.15, 0.2) is 146 Å². The average molecular weight is 1520 g/mol. The van der Waals surface area contributed by atoms with Crippen molar-refractivity contribution in [1.82, 2.24) is 5.32 Å². The molecule has 0 spiro atoms. The van der Waals surface area contributed by atoms with Crippen molar-refractivity contribution >= 4 is 5.91 Å². The second-order valence-electron chi connectivity index (χ2n) is 29.2. The normalized spacial score (nSPS) is 26.2. The van der Waals surface area contributed by atoms with Crippen LogP contribution in [0, 0.1) is 0 Å². The first kappa shape index (κ1) is 97.9. The van der Waals surface area contributed by atoms with Gasteiger partial charge < -0.3 is 89.9 Å². The summed E-state index contributed by atoms with van der Waals surface area (Å²) in [5.41, 5.74) is 0. The van der Waals surface area contributed by atoms with E-state index in [-0.39, 0.29) is 18.9 Å². The van der Waals surface area contributed by atoms with E-state index in [1.807, 2.05) is 6.08 Å². The minimum atomic E-state index is -1.99. The van der Waals surface area contributed by atoms with Crippen molar-refractivity contribution in [1.29, 1.82) is 0 Å². The molecular formula is C89H149NO18. The number of allylic oxidation sites excluding steroid dienone is 23. The summed E-state index contributed by atoms with van der Waals surface area (Å²) in [6.45, 7) is 1.60. The van der Waals surface area contributed by atoms with E-state index in [1.165, 1.54) is 128 Å². The fourth-order valence-electron chi connectivity index (χ4n) is 13.2. The maximum Gasteiger partial charge on any atom is 0.220 e. The molecule has 0 saturated carbocycles. The van der Waals surface area contributed by atoms with Crippen LogP contribution in [-0.2, 0) is 33.2 Å². The van der Waals surface area contributed by atoms with Gasteiger partial charge in [0.25, 0.3) is 0 Å². The number of unbranched alkanes of at least 4 members (excludes halogenated alkanes) is 27. The predicted octanol–water partition coefficient (Wildman–Crippen LogP) is 15.0. The van der Waals surface area contributed by atoms with Gasteiger partial charge in [0.2, 0.25) is 5.91 Å². The average Bonchev–Trinajstić information content (AvgIpc) is 0.787. The van der Waals surface area contributed by atoms with Crippen LogP contribution in [0.3, 0.4) is 0 Å². The smallest absolute Gasteiger partial charge is 0.220 e. The molecule has 618 valence electrons. The lowest BCUT2D eigenvalue weighted by Gasteiger charge is -2.48. The number of carbonyl (C=O) groups excluding carboxylic acids is 1. The van der Waals surface area contributed by atoms with Gasteiger partial charge in [0.05, 0.1) is 38.6 Å². The predicted molar refractivity (Wildman–Crippen MR) is 433 cm³/mol. The van der Waals surface area contributed by atoms with E-state index in [9.17, 15) is 61.0 Å². The topological polar surface area (TPSA) is 307 Å². The number of nitrogens with one attached hydrogen (secondary N) is 1. The van der Waals surface area contributed by atoms with Crippen molar-refractivity contribution < 1.29 is 89.4 Å². The minimum absolute atomic E-state index is 0.222. The number of aliphatic hydroxyl groups is 11. The largest absolute Gasteiger partial charge is 0.394 e. The summed E-state index contributed by atoms with van der Waals surface area (Å²) in [5.74, 6) is -0.295. The van der Waals surface area contributed by atoms with E-state index in [0.717, 1.165) is 116 Å². The molecule has 0 radical (unpaired) electrons. The van der Waals surface area contributed by atoms with Crippen LogP contribution in [0.5, 0.6) is 0 Å². The molecule has 0 aliphatic carbocycles. The first-order valence-corrected chi connectivity index (χ1v) is 42.1. The van der Waals surface area contributed by atoms with E-state index >= 15 is 0 Å². The molecule has 0 aromatic carbocycles. The monoisotopic (exact) mass is 1520 g/mol. The maximum atomic E-state index is 13.5. The van der Waals surface area contributed by atoms with Gasteiger partial charge in [0.1, 0.15) is 73.2 Å². The highest BCUT2D eigenvalue weighted by atomic mass is 16.8. The quantitative estimate of drug-likeness (QED) is 0.0199. The summed E-state index contributed by atoms with van der Waals surface area (Å²) in [6, 6.07) is -1.01. The third-order valence-electron chi connectivity index (χ3n) is 19.8. The van der Waals surface area contributed by atoms with Crippen molar-refractivity contribution in [2.24, 2.45) is 0 Å². The number of rotatable bonds is 65. The molecule has 3 fully saturated rings. The Morgan fingerprint density at radius 2 is 0.648 bits per heavy atom. The zero-order valence-electron chi connectivity index (χ0n) is 66.3. The fraction of sp³-hybridized carbons (Fsp3) is 0.719. The molecule has 12 N–H and O–H groups in total. The maximum absolute atomic E-state index is 13.5. The molecule has 108 heavy (non-hydrogen) atoms. The van der Waals surface area contributed by atoms with Gasteiger partial charge in [-0.1, -0.05) is 301 Å². The highest BCUT2D eigenvalue weighted by molar-refractivity contribution is 5.76. The lowest BCUT2D eigenvalue weighted by atomic mass is 9.96. The van der Waals surface area contributed by atoms with E-state index in [0.29, 0.717) is 12.8 Å². The molecule has 3 saturated heterocycles. The zero-order valence-corrected chi connectivity index (χ0v) is 66.3. The van der Waals surface area contributed by atoms with Gasteiger partial charge in [-0.25, -0.2) is 0 Å². The number of amides is 1. The van der Waals surface area contributed by atoms with Crippen LogP contribution < -0.4 is 5.32 Å². The summed E-state index contributed by atoms with van der Waals surface area (Å²) in [4.78, 5) is 13.5. The third kappa shape index (κ3) is 46.0. The minimum Gasteiger partial charge on any atom is -0.394 e. The lowest BCUT2D eigenvalue weighted by Crippen LogP contribution is -2.66. The molecule has 3 aliphatic rings. The standard InChI is InChI=1S/C89H149NO18/c1-3-5-7-9-11-13-15-17-19-21-23-25-27-28-29-30-31-32-33-34-35-36-37-38-39-40-41-42-43-44-45-47-49-51-53-55-57-59-61-63-65-67-77(95)90-72(73(94)66-64-62-60-58-56-54-52-50-48-46-26-24-22-20-18-16-14-12-10-8-6-4-2)71-103-87-83(101)80(98)85(75(69-92)105-87)108-89-84(102)81(99)86(76(70-93)106-89)107-88-82(100)79(97)78(96)74(68-91)104-88/h5,7,11,13,17,19,23,25,28-29,31-32,34-35,37-38,40-41,48,50,56,58,64,66,72-76,78-89,91-94,96-102H,3-4,6,8-10,12,14-16,18,20-22,24,26-27,30,33,36,39,42-47,49,51-55,57,59-63,65,67-71H2,1-2H3,(H,90,95)/b7-5-,13-11-,19-17-,25-23-,29-28-,32-31-,35-34-,38-37-,41-40-,50-48+,58-56+,66-64+. The first-order valence-electron chi connectivity index (χ1n) is 42.1. The fourth-order valence-corrected chi connectivity index (χ4v) is 13.2. The summed E-state index contributed by atoms with van der Waals surface area (Å²) in [6.07, 6.45) is 71.2. The number of hydrogen-bond donors (Lipinski definition) is 12. The summed E-state index contributed by atoms with van der Waals surface area (Å²) in [7, 11) is 0. The lowest BCUT2D eigenvalue weighted by molar-refractivity contribution is -0.379. The second kappa shape index (κ2) is 67.2. The summed E-state index contributed by atoms with van der Waals surface area (Å²) < 4.78 is 34.4. The Labute approximate surface area is 651 Å². The molecular weight excluding hydrogens is 1370 g/mol. The Morgan fingerprint density at radius 3 is 1.04 bits per heavy atom. The molecule has 0 aromatic rings. The number of hydrogen-bond acceptors (Lipinski definition) is 18. The number of ether oxygens (including phenoxy) is 6. The van der Waals surface area contributed by atoms with E-state index in [2.05, 4.69) is 153 Å². The van der Waals surface area contributed by atoms with Gasteiger partial charge in [-0.2, -0.15) is 0 Å². The molecule has 19 heteroatoms. The Kier molecular flexibility index (Phi) is 60.9. The molecule has 1 amide bonds. The van der Waals surface area contributed by atoms with Crippen LogP contribution >= 0.6 is 0 Å². The molecule has 3 rings (SSSR count). The summed E-state index contributed by atoms with van der Waals surface area (Å²) in [5, 5.41) is 121. The molecule has 0 bridgehead atoms. The van der Waals surface area contributed by atoms with Crippen molar-refractivity contribution in [3.8, 4) is 0 Å². The molecule has 0 aromatic heterocycles. The van der Waals surface area contributed by atoms with Crippen LogP contribution in [0.25, 0.3) is 0 Å². The van der Waals surface area contributed by atoms with Crippen molar-refractivity contribution in [3.05, 3.63) is 146 Å². The van der Waals surface area contributed by atoms with Crippen LogP contribution in [0.4, 0.5) is 0 Å². The molecule has 17 atom stereocenters. The summed E-state index contributed by atoms with van der Waals surface area (Å²) >= 11 is 0. The van der Waals surface area contributed by atoms with Crippen molar-refractivity contribution in [3.63, 3.8) is 0 Å². The van der Waals surface area contributed by atoms with Gasteiger partial charge in [-0.15, -0.1) is 0 Å². The van der Waals surface area contributed by atoms with Crippen LogP contribution in [0.2, 0.25) is 0 Å². The molecule has 3 aliphatic heterocycles. The van der Waals surface area contributed by atoms with Crippen molar-refractivity contribution in [2.45, 2.75) is 381 Å². The van der Waals surface area contributed by atoms with Gasteiger partial charge in [-0.3, -0.25) is 4.79 Å². The second-order valence-corrected chi connectivity index (χ2v) is 29.2. The highest BCUT2D eigenvalue weighted by Gasteiger charge is 2.54. The van der Waals surface area contributed by atoms with Gasteiger partial charge in [0, 0.05) is 6.42 Å². The Bertz CT molecular complexity index is 2520. The molecule has 3 heterocycles. The SMILES string of the molecule is CC/C=C\C/C=C\C/C=C\C/C=C\C/C=C\C/C=C\C/C=C\C/C=C\C/C=C\CCCCCCCCCCCCCCCC(=O)NC(COC1OC(CO)C(OC2OC(CO)C(OC3OC(CO)C(O)C(O)C3O)C(O)C2O)C(O)C1O)C(O)/C=C/CC/C=C/CC/C=C/CCCCCCCCCCCCCC. The first-order chi connectivity index (χ1) is 52.8.